The molecule has 2 unspecified atom stereocenters. The largest absolute Gasteiger partial charge is 0.296 e. The monoisotopic (exact) mass is 300 g/mol. The average molecular weight is 300 g/mol. The van der Waals surface area contributed by atoms with Crippen LogP contribution < -0.4 is 0 Å². The van der Waals surface area contributed by atoms with E-state index in [1.165, 1.54) is 0 Å². The van der Waals surface area contributed by atoms with Crippen molar-refractivity contribution in [2.75, 3.05) is 26.2 Å². The first-order valence-corrected chi connectivity index (χ1v) is 8.90. The highest BCUT2D eigenvalue weighted by Crippen LogP contribution is 2.48. The Labute approximate surface area is 134 Å². The Morgan fingerprint density at radius 3 is 1.41 bits per heavy atom. The fourth-order valence-corrected chi connectivity index (χ4v) is 3.92. The predicted molar refractivity (Wildman–Crippen MR) is 85.9 cm³/mol. The summed E-state index contributed by atoms with van der Waals surface area (Å²) in [6.07, 6.45) is 6.58. The molecule has 2 atom stereocenters. The third-order valence-corrected chi connectivity index (χ3v) is 6.06. The Kier molecular flexibility index (Phi) is 4.19. The van der Waals surface area contributed by atoms with Gasteiger partial charge in [-0.3, -0.25) is 9.80 Å². The Morgan fingerprint density at radius 2 is 1.18 bits per heavy atom. The van der Waals surface area contributed by atoms with Crippen LogP contribution >= 0.6 is 0 Å². The molecule has 1 aliphatic heterocycles. The van der Waals surface area contributed by atoms with Crippen molar-refractivity contribution in [3.63, 3.8) is 0 Å². The standard InChI is InChI=1S/C18H28N4/c1-3-15-9-22(14-18(12-20)7-8-18)16(4-2)10-21(15)13-17(11-19)5-6-17/h15-16H,3-10,13-14H2,1-2H3. The molecule has 0 spiro atoms. The lowest BCUT2D eigenvalue weighted by Gasteiger charge is -2.47. The van der Waals surface area contributed by atoms with E-state index < -0.39 is 0 Å². The van der Waals surface area contributed by atoms with Gasteiger partial charge in [0.2, 0.25) is 0 Å². The van der Waals surface area contributed by atoms with Crippen molar-refractivity contribution in [1.82, 2.24) is 9.80 Å². The molecule has 1 heterocycles. The summed E-state index contributed by atoms with van der Waals surface area (Å²) in [6, 6.07) is 6.18. The van der Waals surface area contributed by atoms with Crippen LogP contribution in [0, 0.1) is 33.5 Å². The van der Waals surface area contributed by atoms with Crippen LogP contribution in [0.15, 0.2) is 0 Å². The number of piperazine rings is 1. The highest BCUT2D eigenvalue weighted by molar-refractivity contribution is 5.14. The quantitative estimate of drug-likeness (QED) is 0.757. The number of nitriles is 2. The first-order valence-electron chi connectivity index (χ1n) is 8.90. The normalized spacial score (nSPS) is 32.9. The number of hydrogen-bond acceptors (Lipinski definition) is 4. The van der Waals surface area contributed by atoms with Gasteiger partial charge in [-0.25, -0.2) is 0 Å². The van der Waals surface area contributed by atoms with Gasteiger partial charge in [-0.05, 0) is 38.5 Å². The van der Waals surface area contributed by atoms with Crippen molar-refractivity contribution in [1.29, 1.82) is 10.5 Å². The molecule has 0 N–H and O–H groups in total. The maximum atomic E-state index is 9.39. The lowest BCUT2D eigenvalue weighted by Crippen LogP contribution is -2.59. The molecule has 0 aromatic rings. The van der Waals surface area contributed by atoms with Gasteiger partial charge >= 0.3 is 0 Å². The molecule has 22 heavy (non-hydrogen) atoms. The first-order chi connectivity index (χ1) is 10.6. The lowest BCUT2D eigenvalue weighted by atomic mass is 9.97. The van der Waals surface area contributed by atoms with Gasteiger partial charge in [-0.1, -0.05) is 13.8 Å². The molecule has 0 amide bonds. The lowest BCUT2D eigenvalue weighted by molar-refractivity contribution is 0.0110. The second-order valence-electron chi connectivity index (χ2n) is 7.77. The van der Waals surface area contributed by atoms with Gasteiger partial charge in [0.05, 0.1) is 23.0 Å². The molecule has 4 heteroatoms. The minimum atomic E-state index is -0.0434. The Morgan fingerprint density at radius 1 is 0.818 bits per heavy atom. The molecule has 120 valence electrons. The van der Waals surface area contributed by atoms with Crippen LogP contribution in [-0.4, -0.2) is 48.1 Å². The van der Waals surface area contributed by atoms with Gasteiger partial charge in [0.1, 0.15) is 0 Å². The smallest absolute Gasteiger partial charge is 0.0703 e. The zero-order chi connectivity index (χ0) is 15.8. The highest BCUT2D eigenvalue weighted by atomic mass is 15.3. The third kappa shape index (κ3) is 3.00. The van der Waals surface area contributed by atoms with Crippen molar-refractivity contribution in [2.24, 2.45) is 10.8 Å². The Hall–Kier alpha value is -1.10. The van der Waals surface area contributed by atoms with Gasteiger partial charge in [0.15, 0.2) is 0 Å². The van der Waals surface area contributed by atoms with Crippen LogP contribution in [0.1, 0.15) is 52.4 Å². The first kappa shape index (κ1) is 15.8. The van der Waals surface area contributed by atoms with Crippen molar-refractivity contribution in [3.05, 3.63) is 0 Å². The van der Waals surface area contributed by atoms with Gasteiger partial charge in [-0.15, -0.1) is 0 Å². The second kappa shape index (κ2) is 5.84. The Balaban J connectivity index is 1.67. The zero-order valence-corrected chi connectivity index (χ0v) is 14.0. The minimum absolute atomic E-state index is 0.0434. The van der Waals surface area contributed by atoms with E-state index >= 15 is 0 Å². The predicted octanol–water partition coefficient (Wildman–Crippen LogP) is 2.77. The summed E-state index contributed by atoms with van der Waals surface area (Å²) >= 11 is 0. The maximum Gasteiger partial charge on any atom is 0.0703 e. The third-order valence-electron chi connectivity index (χ3n) is 6.06. The summed E-state index contributed by atoms with van der Waals surface area (Å²) in [5.41, 5.74) is -0.0868. The van der Waals surface area contributed by atoms with E-state index in [4.69, 9.17) is 0 Å². The molecule has 2 saturated carbocycles. The van der Waals surface area contributed by atoms with Crippen LogP contribution in [0.25, 0.3) is 0 Å². The minimum Gasteiger partial charge on any atom is -0.296 e. The van der Waals surface area contributed by atoms with E-state index in [2.05, 4.69) is 35.8 Å². The molecule has 0 aromatic heterocycles. The van der Waals surface area contributed by atoms with Gasteiger partial charge in [-0.2, -0.15) is 10.5 Å². The fourth-order valence-electron chi connectivity index (χ4n) is 3.92. The summed E-state index contributed by atoms with van der Waals surface area (Å²) < 4.78 is 0. The van der Waals surface area contributed by atoms with Crippen LogP contribution in [0.4, 0.5) is 0 Å². The topological polar surface area (TPSA) is 54.1 Å². The van der Waals surface area contributed by atoms with Gasteiger partial charge in [0.25, 0.3) is 0 Å². The maximum absolute atomic E-state index is 9.39. The van der Waals surface area contributed by atoms with E-state index in [0.717, 1.165) is 64.7 Å². The second-order valence-corrected chi connectivity index (χ2v) is 7.77. The molecule has 1 saturated heterocycles. The van der Waals surface area contributed by atoms with Crippen LogP contribution in [0.2, 0.25) is 0 Å². The molecular formula is C18H28N4. The number of nitrogens with zero attached hydrogens (tertiary/aromatic N) is 4. The summed E-state index contributed by atoms with van der Waals surface area (Å²) in [4.78, 5) is 5.15. The van der Waals surface area contributed by atoms with Crippen molar-refractivity contribution in [3.8, 4) is 12.1 Å². The van der Waals surface area contributed by atoms with Crippen molar-refractivity contribution < 1.29 is 0 Å². The van der Waals surface area contributed by atoms with Crippen LogP contribution in [-0.2, 0) is 0 Å². The van der Waals surface area contributed by atoms with Crippen molar-refractivity contribution >= 4 is 0 Å². The van der Waals surface area contributed by atoms with E-state index in [-0.39, 0.29) is 10.8 Å². The van der Waals surface area contributed by atoms with E-state index in [1.54, 1.807) is 0 Å². The molecular weight excluding hydrogens is 272 g/mol. The zero-order valence-electron chi connectivity index (χ0n) is 14.0. The molecule has 0 bridgehead atoms. The summed E-state index contributed by atoms with van der Waals surface area (Å²) in [7, 11) is 0. The van der Waals surface area contributed by atoms with Crippen LogP contribution in [0.5, 0.6) is 0 Å². The Bertz CT molecular complexity index is 446. The summed E-state index contributed by atoms with van der Waals surface area (Å²) in [6.45, 7) is 8.56. The molecule has 0 radical (unpaired) electrons. The number of hydrogen-bond donors (Lipinski definition) is 0. The summed E-state index contributed by atoms with van der Waals surface area (Å²) in [5, 5.41) is 18.8. The van der Waals surface area contributed by atoms with E-state index in [1.807, 2.05) is 0 Å². The van der Waals surface area contributed by atoms with E-state index in [0.29, 0.717) is 12.1 Å². The number of rotatable bonds is 6. The van der Waals surface area contributed by atoms with Crippen molar-refractivity contribution in [2.45, 2.75) is 64.5 Å². The highest BCUT2D eigenvalue weighted by Gasteiger charge is 2.49. The molecule has 0 aromatic carbocycles. The molecule has 3 rings (SSSR count). The average Bonchev–Trinajstić information content (AvgIpc) is 3.45. The van der Waals surface area contributed by atoms with Gasteiger partial charge < -0.3 is 0 Å². The molecule has 3 fully saturated rings. The summed E-state index contributed by atoms with van der Waals surface area (Å²) in [5.74, 6) is 0. The fraction of sp³-hybridized carbons (Fsp3) is 0.889. The van der Waals surface area contributed by atoms with Crippen LogP contribution in [0.3, 0.4) is 0 Å². The SMILES string of the molecule is CCC1CN(CC2(C#N)CC2)C(CC)CN1CC1(C#N)CC1. The van der Waals surface area contributed by atoms with E-state index in [9.17, 15) is 10.5 Å². The molecule has 4 nitrogen and oxygen atoms in total. The molecule has 2 aliphatic carbocycles. The van der Waals surface area contributed by atoms with Gasteiger partial charge in [0, 0.05) is 38.3 Å². The molecule has 3 aliphatic rings.